The van der Waals surface area contributed by atoms with Gasteiger partial charge in [-0.2, -0.15) is 0 Å². The lowest BCUT2D eigenvalue weighted by atomic mass is 9.77. The molecule has 0 saturated carbocycles. The topological polar surface area (TPSA) is 52.7 Å². The van der Waals surface area contributed by atoms with Crippen LogP contribution in [0.2, 0.25) is 0 Å². The third kappa shape index (κ3) is 4.33. The van der Waals surface area contributed by atoms with Crippen LogP contribution < -0.4 is 5.32 Å². The normalized spacial score (nSPS) is 24.1. The molecule has 7 heteroatoms. The van der Waals surface area contributed by atoms with E-state index in [1.54, 1.807) is 4.90 Å². The van der Waals surface area contributed by atoms with Crippen molar-refractivity contribution < 1.29 is 14.0 Å². The molecule has 1 unspecified atom stereocenters. The van der Waals surface area contributed by atoms with Crippen molar-refractivity contribution in [1.29, 1.82) is 0 Å². The van der Waals surface area contributed by atoms with E-state index < -0.39 is 0 Å². The van der Waals surface area contributed by atoms with Crippen molar-refractivity contribution in [3.8, 4) is 0 Å². The standard InChI is InChI=1S/C21H28FN3O2.ClH/c22-18-5-3-16(4-6-18)19(26)25-11-1-2-17(14-25)20(27)24-12-8-21(9-13-24)7-10-23-15-21;/h3-6,17,23H,1-2,7-15H2;1H. The minimum atomic E-state index is -0.349. The molecule has 3 fully saturated rings. The van der Waals surface area contributed by atoms with Crippen LogP contribution in [-0.4, -0.2) is 60.9 Å². The zero-order valence-electron chi connectivity index (χ0n) is 16.2. The van der Waals surface area contributed by atoms with Gasteiger partial charge in [-0.3, -0.25) is 9.59 Å². The van der Waals surface area contributed by atoms with Crippen molar-refractivity contribution in [3.05, 3.63) is 35.6 Å². The predicted molar refractivity (Wildman–Crippen MR) is 108 cm³/mol. The molecule has 1 aromatic carbocycles. The van der Waals surface area contributed by atoms with Crippen LogP contribution >= 0.6 is 12.4 Å². The van der Waals surface area contributed by atoms with Crippen LogP contribution in [0.15, 0.2) is 24.3 Å². The molecule has 0 radical (unpaired) electrons. The smallest absolute Gasteiger partial charge is 0.253 e. The van der Waals surface area contributed by atoms with Gasteiger partial charge in [0, 0.05) is 38.3 Å². The number of carbonyl (C=O) groups excluding carboxylic acids is 2. The van der Waals surface area contributed by atoms with E-state index >= 15 is 0 Å². The zero-order chi connectivity index (χ0) is 18.9. The maximum absolute atomic E-state index is 13.1. The van der Waals surface area contributed by atoms with Gasteiger partial charge in [0.15, 0.2) is 0 Å². The van der Waals surface area contributed by atoms with E-state index in [1.807, 2.05) is 4.90 Å². The monoisotopic (exact) mass is 409 g/mol. The van der Waals surface area contributed by atoms with Crippen LogP contribution in [0.5, 0.6) is 0 Å². The highest BCUT2D eigenvalue weighted by Crippen LogP contribution is 2.37. The second-order valence-corrected chi connectivity index (χ2v) is 8.35. The Hall–Kier alpha value is -1.66. The van der Waals surface area contributed by atoms with E-state index in [4.69, 9.17) is 0 Å². The summed E-state index contributed by atoms with van der Waals surface area (Å²) in [6, 6.07) is 5.65. The van der Waals surface area contributed by atoms with Crippen molar-refractivity contribution in [3.63, 3.8) is 0 Å². The second kappa shape index (κ2) is 8.78. The van der Waals surface area contributed by atoms with Crippen molar-refractivity contribution in [2.75, 3.05) is 39.3 Å². The molecule has 154 valence electrons. The Morgan fingerprint density at radius 3 is 2.39 bits per heavy atom. The number of benzene rings is 1. The fraction of sp³-hybridized carbons (Fsp3) is 0.619. The quantitative estimate of drug-likeness (QED) is 0.817. The van der Waals surface area contributed by atoms with E-state index in [-0.39, 0.29) is 36.0 Å². The number of carbonyl (C=O) groups is 2. The number of halogens is 2. The first-order chi connectivity index (χ1) is 13.1. The average molecular weight is 410 g/mol. The van der Waals surface area contributed by atoms with Crippen molar-refractivity contribution in [1.82, 2.24) is 15.1 Å². The van der Waals surface area contributed by atoms with E-state index in [2.05, 4.69) is 5.32 Å². The van der Waals surface area contributed by atoms with Crippen LogP contribution in [0.4, 0.5) is 4.39 Å². The lowest BCUT2D eigenvalue weighted by Crippen LogP contribution is -2.50. The fourth-order valence-corrected chi connectivity index (χ4v) is 4.82. The van der Waals surface area contributed by atoms with E-state index in [0.717, 1.165) is 51.9 Å². The molecule has 0 aromatic heterocycles. The second-order valence-electron chi connectivity index (χ2n) is 8.35. The maximum atomic E-state index is 13.1. The summed E-state index contributed by atoms with van der Waals surface area (Å²) in [6.07, 6.45) is 5.06. The Morgan fingerprint density at radius 2 is 1.75 bits per heavy atom. The van der Waals surface area contributed by atoms with Gasteiger partial charge in [-0.1, -0.05) is 0 Å². The molecule has 0 aliphatic carbocycles. The van der Waals surface area contributed by atoms with Gasteiger partial charge in [-0.05, 0) is 68.3 Å². The summed E-state index contributed by atoms with van der Waals surface area (Å²) in [5.41, 5.74) is 0.881. The Morgan fingerprint density at radius 1 is 1.04 bits per heavy atom. The predicted octanol–water partition coefficient (Wildman–Crippen LogP) is 2.70. The zero-order valence-corrected chi connectivity index (χ0v) is 17.0. The summed E-state index contributed by atoms with van der Waals surface area (Å²) in [6.45, 7) is 4.98. The molecule has 1 aromatic rings. The van der Waals surface area contributed by atoms with Gasteiger partial charge in [0.2, 0.25) is 5.91 Å². The highest BCUT2D eigenvalue weighted by molar-refractivity contribution is 5.94. The van der Waals surface area contributed by atoms with Crippen LogP contribution in [0.25, 0.3) is 0 Å². The molecule has 2 amide bonds. The van der Waals surface area contributed by atoms with Crippen LogP contribution in [0.3, 0.4) is 0 Å². The number of hydrogen-bond donors (Lipinski definition) is 1. The number of amides is 2. The minimum Gasteiger partial charge on any atom is -0.342 e. The lowest BCUT2D eigenvalue weighted by molar-refractivity contribution is -0.139. The molecule has 3 aliphatic heterocycles. The summed E-state index contributed by atoms with van der Waals surface area (Å²) in [5, 5.41) is 3.46. The number of hydrogen-bond acceptors (Lipinski definition) is 3. The molecular formula is C21H29ClFN3O2. The van der Waals surface area contributed by atoms with E-state index in [1.165, 1.54) is 30.7 Å². The van der Waals surface area contributed by atoms with Gasteiger partial charge in [0.05, 0.1) is 5.92 Å². The molecule has 3 saturated heterocycles. The molecule has 4 rings (SSSR count). The molecule has 1 spiro atoms. The third-order valence-corrected chi connectivity index (χ3v) is 6.62. The van der Waals surface area contributed by atoms with Gasteiger partial charge < -0.3 is 15.1 Å². The Bertz CT molecular complexity index is 696. The van der Waals surface area contributed by atoms with Crippen molar-refractivity contribution in [2.45, 2.75) is 32.1 Å². The third-order valence-electron chi connectivity index (χ3n) is 6.62. The highest BCUT2D eigenvalue weighted by Gasteiger charge is 2.40. The molecule has 5 nitrogen and oxygen atoms in total. The number of likely N-dealkylation sites (tertiary alicyclic amines) is 2. The highest BCUT2D eigenvalue weighted by atomic mass is 35.5. The first-order valence-corrected chi connectivity index (χ1v) is 10.1. The Kier molecular flexibility index (Phi) is 6.61. The summed E-state index contributed by atoms with van der Waals surface area (Å²) in [7, 11) is 0. The van der Waals surface area contributed by atoms with Crippen LogP contribution in [0, 0.1) is 17.2 Å². The summed E-state index contributed by atoms with van der Waals surface area (Å²) in [4.78, 5) is 29.5. The molecular weight excluding hydrogens is 381 g/mol. The van der Waals surface area contributed by atoms with Crippen LogP contribution in [-0.2, 0) is 4.79 Å². The molecule has 1 N–H and O–H groups in total. The van der Waals surface area contributed by atoms with Gasteiger partial charge in [-0.15, -0.1) is 12.4 Å². The minimum absolute atomic E-state index is 0. The first-order valence-electron chi connectivity index (χ1n) is 10.1. The SMILES string of the molecule is Cl.O=C(c1ccc(F)cc1)N1CCCC(C(=O)N2CCC3(CCNC3)CC2)C1. The number of piperidine rings is 2. The molecule has 3 heterocycles. The van der Waals surface area contributed by atoms with Crippen molar-refractivity contribution in [2.24, 2.45) is 11.3 Å². The maximum Gasteiger partial charge on any atom is 0.253 e. The first kappa shape index (κ1) is 21.1. The lowest BCUT2D eigenvalue weighted by Gasteiger charge is -2.41. The number of nitrogens with zero attached hydrogens (tertiary/aromatic N) is 2. The Balaban J connectivity index is 0.00000225. The van der Waals surface area contributed by atoms with E-state index in [0.29, 0.717) is 24.1 Å². The average Bonchev–Trinajstić information content (AvgIpc) is 3.16. The summed E-state index contributed by atoms with van der Waals surface area (Å²) < 4.78 is 13.1. The van der Waals surface area contributed by atoms with Crippen LogP contribution in [0.1, 0.15) is 42.5 Å². The molecule has 3 aliphatic rings. The van der Waals surface area contributed by atoms with Gasteiger partial charge in [-0.25, -0.2) is 4.39 Å². The van der Waals surface area contributed by atoms with Gasteiger partial charge in [0.1, 0.15) is 5.82 Å². The summed E-state index contributed by atoms with van der Waals surface area (Å²) in [5.74, 6) is -0.368. The Labute approximate surface area is 172 Å². The molecule has 28 heavy (non-hydrogen) atoms. The fourth-order valence-electron chi connectivity index (χ4n) is 4.82. The number of rotatable bonds is 2. The largest absolute Gasteiger partial charge is 0.342 e. The summed E-state index contributed by atoms with van der Waals surface area (Å²) >= 11 is 0. The number of nitrogens with one attached hydrogen (secondary N) is 1. The van der Waals surface area contributed by atoms with Gasteiger partial charge in [0.25, 0.3) is 5.91 Å². The molecule has 0 bridgehead atoms. The van der Waals surface area contributed by atoms with Gasteiger partial charge >= 0.3 is 0 Å². The van der Waals surface area contributed by atoms with E-state index in [9.17, 15) is 14.0 Å². The van der Waals surface area contributed by atoms with Crippen molar-refractivity contribution >= 4 is 24.2 Å². The molecule has 1 atom stereocenters.